The first-order valence-corrected chi connectivity index (χ1v) is 19.0. The molecule has 1 saturated heterocycles. The van der Waals surface area contributed by atoms with Gasteiger partial charge in [-0.05, 0) is 94.4 Å². The number of methoxy groups -OCH3 is 2. The van der Waals surface area contributed by atoms with Crippen LogP contribution in [0.2, 0.25) is 5.02 Å². The zero-order valence-electron chi connectivity index (χ0n) is 30.8. The van der Waals surface area contributed by atoms with Gasteiger partial charge >= 0.3 is 6.36 Å². The Bertz CT molecular complexity index is 2000. The molecule has 2 aliphatic rings. The molecule has 0 aliphatic carbocycles. The van der Waals surface area contributed by atoms with Crippen LogP contribution in [0.15, 0.2) is 59.5 Å². The van der Waals surface area contributed by atoms with E-state index in [1.165, 1.54) is 56.3 Å². The van der Waals surface area contributed by atoms with E-state index >= 15 is 4.79 Å². The van der Waals surface area contributed by atoms with Gasteiger partial charge in [0.2, 0.25) is 5.91 Å². The number of hydrogen-bond donors (Lipinski definition) is 1. The minimum absolute atomic E-state index is 0.0162. The predicted octanol–water partition coefficient (Wildman–Crippen LogP) is 5.03. The third kappa shape index (κ3) is 7.85. The minimum Gasteiger partial charge on any atom is -0.497 e. The molecule has 0 spiro atoms. The van der Waals surface area contributed by atoms with Crippen LogP contribution in [0.5, 0.6) is 17.2 Å². The van der Waals surface area contributed by atoms with E-state index in [9.17, 15) is 31.5 Å². The zero-order valence-corrected chi connectivity index (χ0v) is 32.4. The Morgan fingerprint density at radius 1 is 0.963 bits per heavy atom. The van der Waals surface area contributed by atoms with Crippen LogP contribution in [0.4, 0.5) is 18.9 Å². The monoisotopic (exact) mass is 796 g/mol. The number of likely N-dealkylation sites (tertiary alicyclic amines) is 1. The molecular formula is C37H44ClF3N4O8S. The fourth-order valence-electron chi connectivity index (χ4n) is 7.25. The maximum absolute atomic E-state index is 15.6. The predicted molar refractivity (Wildman–Crippen MR) is 195 cm³/mol. The summed E-state index contributed by atoms with van der Waals surface area (Å²) in [7, 11) is 4.32. The van der Waals surface area contributed by atoms with Crippen LogP contribution < -0.4 is 18.5 Å². The van der Waals surface area contributed by atoms with Crippen molar-refractivity contribution in [3.63, 3.8) is 0 Å². The molecule has 2 amide bonds. The molecule has 0 radical (unpaired) electrons. The Kier molecular flexibility index (Phi) is 12.1. The highest BCUT2D eigenvalue weighted by atomic mass is 35.5. The van der Waals surface area contributed by atoms with E-state index in [4.69, 9.17) is 21.1 Å². The summed E-state index contributed by atoms with van der Waals surface area (Å²) in [4.78, 5) is 33.3. The number of β-amino-alcohol motifs (C(OH)–C–C–N with tert-alkyl or cyclic N) is 1. The van der Waals surface area contributed by atoms with Crippen molar-refractivity contribution < 1.29 is 50.5 Å². The quantitative estimate of drug-likeness (QED) is 0.222. The number of sulfonamides is 1. The number of nitrogens with zero attached hydrogens (tertiary/aromatic N) is 4. The van der Waals surface area contributed by atoms with Crippen molar-refractivity contribution in [3.8, 4) is 17.2 Å². The fraction of sp³-hybridized carbons (Fsp3) is 0.459. The molecule has 3 atom stereocenters. The van der Waals surface area contributed by atoms with E-state index in [1.807, 2.05) is 20.2 Å². The largest absolute Gasteiger partial charge is 0.573 e. The van der Waals surface area contributed by atoms with E-state index in [-0.39, 0.29) is 46.3 Å². The number of carbonyl (C=O) groups excluding carboxylic acids is 2. The number of anilines is 1. The molecule has 2 heterocycles. The highest BCUT2D eigenvalue weighted by Crippen LogP contribution is 2.55. The van der Waals surface area contributed by atoms with Crippen molar-refractivity contribution in [2.24, 2.45) is 0 Å². The van der Waals surface area contributed by atoms with Crippen LogP contribution in [0, 0.1) is 0 Å². The van der Waals surface area contributed by atoms with Crippen LogP contribution >= 0.6 is 11.6 Å². The third-order valence-electron chi connectivity index (χ3n) is 9.62. The van der Waals surface area contributed by atoms with Gasteiger partial charge in [-0.15, -0.1) is 13.2 Å². The maximum atomic E-state index is 15.6. The van der Waals surface area contributed by atoms with Gasteiger partial charge < -0.3 is 29.1 Å². The van der Waals surface area contributed by atoms with Gasteiger partial charge in [0.25, 0.3) is 15.9 Å². The number of aliphatic hydroxyl groups is 1. The lowest BCUT2D eigenvalue weighted by atomic mass is 9.80. The number of unbranched alkanes of at least 4 members (excludes halogenated alkanes) is 2. The minimum atomic E-state index is -5.31. The highest BCUT2D eigenvalue weighted by molar-refractivity contribution is 7.93. The zero-order chi connectivity index (χ0) is 39.7. The average Bonchev–Trinajstić information content (AvgIpc) is 3.61. The van der Waals surface area contributed by atoms with Gasteiger partial charge in [-0.25, -0.2) is 12.7 Å². The SMILES string of the molecule is COc1ccc(S(=O)(=O)N2C(=O)C(c3cc(CCCCCN(C)C)ccc3OC)(N3C[C@H](O)C[C@H]3C(=O)N(C)C)c3cc(Cl)ccc32)c(OC(F)(F)F)c1. The van der Waals surface area contributed by atoms with E-state index < -0.39 is 56.5 Å². The van der Waals surface area contributed by atoms with Crippen LogP contribution in [0.25, 0.3) is 0 Å². The molecule has 54 heavy (non-hydrogen) atoms. The Hall–Kier alpha value is -4.09. The van der Waals surface area contributed by atoms with Crippen molar-refractivity contribution >= 4 is 39.1 Å². The molecule has 0 aromatic heterocycles. The molecule has 5 rings (SSSR count). The van der Waals surface area contributed by atoms with Gasteiger partial charge in [-0.2, -0.15) is 0 Å². The van der Waals surface area contributed by atoms with Crippen molar-refractivity contribution in [2.75, 3.05) is 59.8 Å². The Morgan fingerprint density at radius 2 is 1.69 bits per heavy atom. The molecule has 1 N–H and O–H groups in total. The fourth-order valence-corrected chi connectivity index (χ4v) is 8.99. The van der Waals surface area contributed by atoms with Crippen LogP contribution in [0.3, 0.4) is 0 Å². The van der Waals surface area contributed by atoms with E-state index in [1.54, 1.807) is 12.1 Å². The number of aryl methyl sites for hydroxylation is 1. The first kappa shape index (κ1) is 41.1. The number of alkyl halides is 3. The topological polar surface area (TPSA) is 129 Å². The molecular weight excluding hydrogens is 753 g/mol. The molecule has 3 aromatic carbocycles. The second-order valence-corrected chi connectivity index (χ2v) is 15.9. The van der Waals surface area contributed by atoms with Gasteiger partial charge in [0.15, 0.2) is 11.3 Å². The molecule has 3 aromatic rings. The molecule has 294 valence electrons. The van der Waals surface area contributed by atoms with E-state index in [2.05, 4.69) is 9.64 Å². The summed E-state index contributed by atoms with van der Waals surface area (Å²) in [5, 5.41) is 11.2. The Balaban J connectivity index is 1.80. The second kappa shape index (κ2) is 15.9. The van der Waals surface area contributed by atoms with Crippen molar-refractivity contribution in [3.05, 3.63) is 76.3 Å². The lowest BCUT2D eigenvalue weighted by Gasteiger charge is -2.42. The number of benzene rings is 3. The number of likely N-dealkylation sites (N-methyl/N-ethyl adjacent to an activating group) is 1. The van der Waals surface area contributed by atoms with E-state index in [0.717, 1.165) is 49.6 Å². The summed E-state index contributed by atoms with van der Waals surface area (Å²) >= 11 is 6.59. The van der Waals surface area contributed by atoms with Crippen molar-refractivity contribution in [1.29, 1.82) is 0 Å². The first-order chi connectivity index (χ1) is 25.4. The summed E-state index contributed by atoms with van der Waals surface area (Å²) in [6, 6.07) is 10.8. The summed E-state index contributed by atoms with van der Waals surface area (Å²) < 4.78 is 86.2. The van der Waals surface area contributed by atoms with Crippen LogP contribution in [0.1, 0.15) is 42.4 Å². The number of aliphatic hydroxyl groups excluding tert-OH is 1. The molecule has 1 fully saturated rings. The van der Waals surface area contributed by atoms with Gasteiger partial charge in [-0.3, -0.25) is 14.5 Å². The Morgan fingerprint density at radius 3 is 2.31 bits per heavy atom. The number of hydrogen-bond acceptors (Lipinski definition) is 10. The summed E-state index contributed by atoms with van der Waals surface area (Å²) in [6.45, 7) is 0.633. The number of amides is 2. The molecule has 0 bridgehead atoms. The smallest absolute Gasteiger partial charge is 0.497 e. The maximum Gasteiger partial charge on any atom is 0.573 e. The summed E-state index contributed by atoms with van der Waals surface area (Å²) in [5.74, 6) is -2.74. The van der Waals surface area contributed by atoms with Gasteiger partial charge in [0.1, 0.15) is 16.4 Å². The second-order valence-electron chi connectivity index (χ2n) is 13.7. The molecule has 2 aliphatic heterocycles. The van der Waals surface area contributed by atoms with Crippen molar-refractivity contribution in [1.82, 2.24) is 14.7 Å². The number of rotatable bonds is 14. The summed E-state index contributed by atoms with van der Waals surface area (Å²) in [6.07, 6.45) is -3.34. The molecule has 17 heteroatoms. The molecule has 0 saturated carbocycles. The lowest BCUT2D eigenvalue weighted by molar-refractivity contribution is -0.275. The molecule has 12 nitrogen and oxygen atoms in total. The normalized spacial score (nSPS) is 20.4. The lowest BCUT2D eigenvalue weighted by Crippen LogP contribution is -2.59. The number of carbonyl (C=O) groups is 2. The van der Waals surface area contributed by atoms with Crippen LogP contribution in [-0.2, 0) is 31.6 Å². The number of fused-ring (bicyclic) bond motifs is 1. The average molecular weight is 797 g/mol. The van der Waals surface area contributed by atoms with Crippen molar-refractivity contribution in [2.45, 2.75) is 61.0 Å². The standard InChI is InChI=1S/C37H44ClF3N4O8S/c1-42(2)17-9-7-8-10-23-11-15-31(52-6)28(18-23)36(44-22-25(46)20-30(44)34(47)43(3)4)27-19-24(38)12-14-29(27)45(35(36)48)54(49,50)33-16-13-26(51-5)21-32(33)53-37(39,40)41/h11-16,18-19,21,25,30,46H,7-10,17,20,22H2,1-6H3/t25-,30+,36?/m1/s1. The third-order valence-corrected chi connectivity index (χ3v) is 11.6. The highest BCUT2D eigenvalue weighted by Gasteiger charge is 2.64. The van der Waals surface area contributed by atoms with Gasteiger partial charge in [-0.1, -0.05) is 24.1 Å². The number of ether oxygens (including phenoxy) is 3. The van der Waals surface area contributed by atoms with Gasteiger partial charge in [0.05, 0.1) is 32.1 Å². The Labute approximate surface area is 318 Å². The van der Waals surface area contributed by atoms with Gasteiger partial charge in [0, 0.05) is 42.9 Å². The van der Waals surface area contributed by atoms with Crippen LogP contribution in [-0.4, -0.2) is 114 Å². The number of halogens is 4. The summed E-state index contributed by atoms with van der Waals surface area (Å²) in [5.41, 5.74) is -1.48. The molecule has 1 unspecified atom stereocenters. The first-order valence-electron chi connectivity index (χ1n) is 17.2. The van der Waals surface area contributed by atoms with E-state index in [0.29, 0.717) is 10.7 Å².